The molecule has 0 fully saturated rings. The highest BCUT2D eigenvalue weighted by Gasteiger charge is 2.12. The second-order valence-electron chi connectivity index (χ2n) is 4.14. The Bertz CT molecular complexity index is 688. The summed E-state index contributed by atoms with van der Waals surface area (Å²) < 4.78 is 20.5. The van der Waals surface area contributed by atoms with Gasteiger partial charge in [-0.25, -0.2) is 9.37 Å². The molecule has 0 saturated heterocycles. The molecular weight excluding hydrogens is 329 g/mol. The van der Waals surface area contributed by atoms with Gasteiger partial charge in [0, 0.05) is 25.0 Å². The summed E-state index contributed by atoms with van der Waals surface area (Å²) >= 11 is 3.02. The van der Waals surface area contributed by atoms with Crippen LogP contribution in [-0.4, -0.2) is 9.55 Å². The van der Waals surface area contributed by atoms with Crippen LogP contribution >= 0.6 is 15.9 Å². The Hall–Kier alpha value is -1.89. The lowest BCUT2D eigenvalue weighted by Crippen LogP contribution is -2.21. The Labute approximate surface area is 123 Å². The molecule has 0 atom stereocenters. The van der Waals surface area contributed by atoms with Crippen molar-refractivity contribution in [1.82, 2.24) is 9.55 Å². The first-order chi connectivity index (χ1) is 9.52. The smallest absolute Gasteiger partial charge is 0.313 e. The number of aromatic nitrogens is 2. The molecule has 2 N–H and O–H groups in total. The molecular formula is C13H13BrFN3O2. The van der Waals surface area contributed by atoms with Crippen LogP contribution in [0.4, 0.5) is 10.1 Å². The highest BCUT2D eigenvalue weighted by molar-refractivity contribution is 9.10. The highest BCUT2D eigenvalue weighted by atomic mass is 79.9. The number of nitrogens with zero attached hydrogens (tertiary/aromatic N) is 2. The molecule has 0 amide bonds. The summed E-state index contributed by atoms with van der Waals surface area (Å²) in [5, 5.41) is 0. The highest BCUT2D eigenvalue weighted by Crippen LogP contribution is 2.30. The zero-order valence-electron chi connectivity index (χ0n) is 10.8. The lowest BCUT2D eigenvalue weighted by Gasteiger charge is -2.09. The normalized spacial score (nSPS) is 10.6. The number of rotatable bonds is 4. The van der Waals surface area contributed by atoms with E-state index in [4.69, 9.17) is 10.5 Å². The van der Waals surface area contributed by atoms with Gasteiger partial charge in [-0.3, -0.25) is 4.79 Å². The largest absolute Gasteiger partial charge is 0.432 e. The number of nitrogens with two attached hydrogens (primary N) is 1. The van der Waals surface area contributed by atoms with Crippen LogP contribution in [0.3, 0.4) is 0 Å². The minimum atomic E-state index is -0.529. The Balaban J connectivity index is 2.38. The van der Waals surface area contributed by atoms with Gasteiger partial charge >= 0.3 is 5.56 Å². The molecule has 2 aromatic rings. The zero-order valence-corrected chi connectivity index (χ0v) is 12.4. The number of benzene rings is 1. The van der Waals surface area contributed by atoms with Gasteiger partial charge in [-0.15, -0.1) is 0 Å². The van der Waals surface area contributed by atoms with E-state index < -0.39 is 5.82 Å². The van der Waals surface area contributed by atoms with E-state index in [1.54, 1.807) is 6.20 Å². The van der Waals surface area contributed by atoms with Gasteiger partial charge in [0.2, 0.25) is 0 Å². The third kappa shape index (κ3) is 2.98. The quantitative estimate of drug-likeness (QED) is 0.868. The van der Waals surface area contributed by atoms with E-state index in [0.717, 1.165) is 12.5 Å². The number of anilines is 1. The molecule has 1 aromatic heterocycles. The number of hydrogen-bond acceptors (Lipinski definition) is 4. The second kappa shape index (κ2) is 6.04. The van der Waals surface area contributed by atoms with Crippen molar-refractivity contribution in [2.75, 3.05) is 5.73 Å². The predicted molar refractivity (Wildman–Crippen MR) is 77.4 cm³/mol. The zero-order chi connectivity index (χ0) is 14.7. The van der Waals surface area contributed by atoms with Crippen LogP contribution in [-0.2, 0) is 6.54 Å². The molecule has 0 aliphatic carbocycles. The molecule has 0 unspecified atom stereocenters. The van der Waals surface area contributed by atoms with Crippen molar-refractivity contribution in [2.24, 2.45) is 0 Å². The van der Waals surface area contributed by atoms with Crippen LogP contribution in [0.1, 0.15) is 13.3 Å². The third-order valence-corrected chi connectivity index (χ3v) is 3.21. The Morgan fingerprint density at radius 2 is 2.25 bits per heavy atom. The third-order valence-electron chi connectivity index (χ3n) is 2.61. The molecule has 1 aromatic carbocycles. The molecule has 20 heavy (non-hydrogen) atoms. The number of hydrogen-bond donors (Lipinski definition) is 1. The van der Waals surface area contributed by atoms with Gasteiger partial charge in [-0.05, 0) is 28.4 Å². The van der Waals surface area contributed by atoms with Crippen molar-refractivity contribution in [3.63, 3.8) is 0 Å². The predicted octanol–water partition coefficient (Wildman–Crippen LogP) is 2.93. The van der Waals surface area contributed by atoms with Gasteiger partial charge in [-0.2, -0.15) is 0 Å². The standard InChI is InChI=1S/C13H13BrFN3O2/c1-2-4-18-5-3-17-12(13(18)19)20-11-7-9(15)8(14)6-10(11)16/h3,5-7H,2,4,16H2,1H3. The number of nitrogen functional groups attached to an aromatic ring is 1. The second-order valence-corrected chi connectivity index (χ2v) is 4.99. The van der Waals surface area contributed by atoms with Crippen molar-refractivity contribution >= 4 is 21.6 Å². The van der Waals surface area contributed by atoms with Gasteiger partial charge in [0.1, 0.15) is 5.82 Å². The molecule has 1 heterocycles. The van der Waals surface area contributed by atoms with Gasteiger partial charge in [0.15, 0.2) is 5.75 Å². The molecule has 0 bridgehead atoms. The summed E-state index contributed by atoms with van der Waals surface area (Å²) in [6, 6.07) is 2.48. The number of aryl methyl sites for hydroxylation is 1. The number of ether oxygens (including phenoxy) is 1. The van der Waals surface area contributed by atoms with Crippen molar-refractivity contribution < 1.29 is 9.13 Å². The maximum Gasteiger partial charge on any atom is 0.313 e. The van der Waals surface area contributed by atoms with Gasteiger partial charge in [-0.1, -0.05) is 6.92 Å². The Morgan fingerprint density at radius 1 is 1.50 bits per heavy atom. The minimum absolute atomic E-state index is 0.0598. The average Bonchev–Trinajstić information content (AvgIpc) is 2.40. The lowest BCUT2D eigenvalue weighted by molar-refractivity contribution is 0.441. The van der Waals surface area contributed by atoms with E-state index in [1.807, 2.05) is 6.92 Å². The molecule has 7 heteroatoms. The summed E-state index contributed by atoms with van der Waals surface area (Å²) in [7, 11) is 0. The van der Waals surface area contributed by atoms with Gasteiger partial charge in [0.25, 0.3) is 5.88 Å². The first kappa shape index (κ1) is 14.5. The SMILES string of the molecule is CCCn1ccnc(Oc2cc(F)c(Br)cc2N)c1=O. The van der Waals surface area contributed by atoms with E-state index in [0.29, 0.717) is 6.54 Å². The first-order valence-electron chi connectivity index (χ1n) is 6.00. The summed E-state index contributed by atoms with van der Waals surface area (Å²) in [6.07, 6.45) is 3.83. The van der Waals surface area contributed by atoms with Crippen LogP contribution < -0.4 is 16.0 Å². The maximum atomic E-state index is 13.5. The monoisotopic (exact) mass is 341 g/mol. The van der Waals surface area contributed by atoms with Crippen LogP contribution in [0.5, 0.6) is 11.6 Å². The Kier molecular flexibility index (Phi) is 4.39. The molecule has 0 spiro atoms. The minimum Gasteiger partial charge on any atom is -0.432 e. The topological polar surface area (TPSA) is 70.1 Å². The maximum absolute atomic E-state index is 13.5. The molecule has 0 radical (unpaired) electrons. The molecule has 2 rings (SSSR count). The van der Waals surface area contributed by atoms with Crippen LogP contribution in [0.2, 0.25) is 0 Å². The molecule has 0 aliphatic rings. The van der Waals surface area contributed by atoms with Crippen molar-refractivity contribution in [3.05, 3.63) is 45.2 Å². The van der Waals surface area contributed by atoms with E-state index >= 15 is 0 Å². The molecule has 0 saturated carbocycles. The van der Waals surface area contributed by atoms with Gasteiger partial charge in [0.05, 0.1) is 10.2 Å². The van der Waals surface area contributed by atoms with Crippen LogP contribution in [0.25, 0.3) is 0 Å². The van der Waals surface area contributed by atoms with Crippen molar-refractivity contribution in [1.29, 1.82) is 0 Å². The summed E-state index contributed by atoms with van der Waals surface area (Å²) in [4.78, 5) is 15.9. The summed E-state index contributed by atoms with van der Waals surface area (Å²) in [5.41, 5.74) is 5.56. The first-order valence-corrected chi connectivity index (χ1v) is 6.80. The molecule has 5 nitrogen and oxygen atoms in total. The number of halogens is 2. The van der Waals surface area contributed by atoms with Crippen molar-refractivity contribution in [3.8, 4) is 11.6 Å². The van der Waals surface area contributed by atoms with E-state index in [2.05, 4.69) is 20.9 Å². The fourth-order valence-electron chi connectivity index (χ4n) is 1.65. The summed E-state index contributed by atoms with van der Waals surface area (Å²) in [5.74, 6) is -0.599. The lowest BCUT2D eigenvalue weighted by atomic mass is 10.3. The Morgan fingerprint density at radius 3 is 2.95 bits per heavy atom. The molecule has 0 aliphatic heterocycles. The molecule has 106 valence electrons. The van der Waals surface area contributed by atoms with E-state index in [9.17, 15) is 9.18 Å². The average molecular weight is 342 g/mol. The fourth-order valence-corrected chi connectivity index (χ4v) is 2.01. The van der Waals surface area contributed by atoms with E-state index in [-0.39, 0.29) is 27.3 Å². The van der Waals surface area contributed by atoms with Crippen LogP contribution in [0.15, 0.2) is 33.8 Å². The van der Waals surface area contributed by atoms with E-state index in [1.165, 1.54) is 16.8 Å². The fraction of sp³-hybridized carbons (Fsp3) is 0.231. The van der Waals surface area contributed by atoms with Crippen LogP contribution in [0, 0.1) is 5.82 Å². The summed E-state index contributed by atoms with van der Waals surface area (Å²) in [6.45, 7) is 2.51. The van der Waals surface area contributed by atoms with Gasteiger partial charge < -0.3 is 15.0 Å². The van der Waals surface area contributed by atoms with Crippen molar-refractivity contribution in [2.45, 2.75) is 19.9 Å².